The van der Waals surface area contributed by atoms with Crippen molar-refractivity contribution in [2.75, 3.05) is 0 Å². The summed E-state index contributed by atoms with van der Waals surface area (Å²) >= 11 is 0. The molecular weight excluding hydrogens is 155 g/mol. The molecule has 25 valence electrons. The fraction of sp³-hybridized carbons (Fsp3) is 0. The van der Waals surface area contributed by atoms with Crippen LogP contribution in [0.15, 0.2) is 0 Å². The molecule has 0 unspecified atom stereocenters. The number of terminal acetylenes is 1. The van der Waals surface area contributed by atoms with Crippen LogP contribution in [0.4, 0.5) is 0 Å². The zero-order valence-corrected chi connectivity index (χ0v) is 5.14. The number of hydrogen-bond acceptors (Lipinski definition) is 0. The third-order valence-corrected chi connectivity index (χ3v) is 0. The van der Waals surface area contributed by atoms with E-state index >= 15 is 0 Å². The molecule has 5 radical (unpaired) electrons. The summed E-state index contributed by atoms with van der Waals surface area (Å²) in [6, 6.07) is 0. The first kappa shape index (κ1) is 8.84. The average molecular weight is 164 g/mol. The smallest absolute Gasteiger partial charge is 0.0196 e. The summed E-state index contributed by atoms with van der Waals surface area (Å²) in [6.45, 7) is 3.01. The van der Waals surface area contributed by atoms with Gasteiger partial charge in [-0.15, -0.1) is 12.3 Å². The van der Waals surface area contributed by atoms with Gasteiger partial charge in [0.25, 0.3) is 0 Å². The Morgan fingerprint density at radius 2 is 2.00 bits per heavy atom. The Morgan fingerprint density at radius 1 is 2.00 bits per heavy atom. The maximum Gasteiger partial charge on any atom is 0.0196 e. The molecule has 0 heterocycles. The predicted octanol–water partition coefficient (Wildman–Crippen LogP) is 0.811. The predicted molar refractivity (Wildman–Crippen MR) is 26.3 cm³/mol. The second kappa shape index (κ2) is 10.1. The molecule has 0 nitrogen and oxygen atoms in total. The van der Waals surface area contributed by atoms with E-state index in [0.717, 1.165) is 0 Å². The van der Waals surface area contributed by atoms with Crippen LogP contribution >= 0.6 is 0 Å². The zero-order valence-electron chi connectivity index (χ0n) is 2.28. The normalized spacial score (nSPS) is 2.00. The second-order valence-corrected chi connectivity index (χ2v) is 0.204. The van der Waals surface area contributed by atoms with Crippen LogP contribution in [-0.2, 0) is 0 Å². The van der Waals surface area contributed by atoms with Crippen LogP contribution in [0.1, 0.15) is 4.28 Å². The standard InChI is InChI=1S/C3H3.Sn.3H2/c1-3-2;;;;/h1H,2H2;;3*1H. The van der Waals surface area contributed by atoms with Crippen molar-refractivity contribution in [3.05, 3.63) is 6.92 Å². The molecule has 0 rings (SSSR count). The maximum atomic E-state index is 4.49. The molecule has 0 aromatic rings. The van der Waals surface area contributed by atoms with Crippen molar-refractivity contribution in [2.24, 2.45) is 0 Å². The molecule has 0 fully saturated rings. The van der Waals surface area contributed by atoms with Gasteiger partial charge in [0, 0.05) is 35.1 Å². The van der Waals surface area contributed by atoms with Crippen LogP contribution in [0.25, 0.3) is 0 Å². The van der Waals surface area contributed by atoms with Gasteiger partial charge in [0.2, 0.25) is 0 Å². The van der Waals surface area contributed by atoms with E-state index in [-0.39, 0.29) is 28.2 Å². The van der Waals surface area contributed by atoms with Crippen molar-refractivity contribution in [1.82, 2.24) is 0 Å². The molecular formula is C3H9Sn. The summed E-state index contributed by atoms with van der Waals surface area (Å²) in [6.07, 6.45) is 4.49. The molecule has 0 spiro atoms. The molecule has 0 aromatic heterocycles. The summed E-state index contributed by atoms with van der Waals surface area (Å²) in [7, 11) is 0. The van der Waals surface area contributed by atoms with E-state index in [2.05, 4.69) is 13.3 Å². The van der Waals surface area contributed by atoms with Crippen LogP contribution in [-0.4, -0.2) is 23.9 Å². The number of rotatable bonds is 0. The van der Waals surface area contributed by atoms with Crippen LogP contribution in [0.5, 0.6) is 0 Å². The van der Waals surface area contributed by atoms with E-state index in [1.165, 1.54) is 0 Å². The molecule has 0 atom stereocenters. The maximum absolute atomic E-state index is 4.49. The summed E-state index contributed by atoms with van der Waals surface area (Å²) in [5, 5.41) is 0. The van der Waals surface area contributed by atoms with Gasteiger partial charge in [-0.1, -0.05) is 0 Å². The van der Waals surface area contributed by atoms with E-state index in [4.69, 9.17) is 0 Å². The summed E-state index contributed by atoms with van der Waals surface area (Å²) in [5.41, 5.74) is 0. The van der Waals surface area contributed by atoms with Gasteiger partial charge in [-0.05, 0) is 0 Å². The third kappa shape index (κ3) is 33.8. The molecule has 0 aliphatic rings. The van der Waals surface area contributed by atoms with Crippen molar-refractivity contribution in [2.45, 2.75) is 0 Å². The van der Waals surface area contributed by atoms with Crippen LogP contribution < -0.4 is 0 Å². The minimum Gasteiger partial charge on any atom is -0.120 e. The van der Waals surface area contributed by atoms with Crippen LogP contribution in [0, 0.1) is 19.3 Å². The van der Waals surface area contributed by atoms with Crippen molar-refractivity contribution in [1.29, 1.82) is 0 Å². The van der Waals surface area contributed by atoms with Crippen molar-refractivity contribution in [3.63, 3.8) is 0 Å². The molecule has 0 saturated heterocycles. The Kier molecular flexibility index (Phi) is 22.4. The molecule has 0 aliphatic heterocycles. The van der Waals surface area contributed by atoms with Gasteiger partial charge >= 0.3 is 0 Å². The monoisotopic (exact) mass is 165 g/mol. The Balaban J connectivity index is -0.00000000333. The van der Waals surface area contributed by atoms with Crippen molar-refractivity contribution >= 4 is 23.9 Å². The molecule has 0 aliphatic carbocycles. The van der Waals surface area contributed by atoms with Gasteiger partial charge in [-0.3, -0.25) is 0 Å². The Hall–Kier alpha value is 0.359. The van der Waals surface area contributed by atoms with Gasteiger partial charge in [-0.25, -0.2) is 0 Å². The molecule has 4 heavy (non-hydrogen) atoms. The minimum atomic E-state index is 0. The van der Waals surface area contributed by atoms with Gasteiger partial charge in [0.05, 0.1) is 0 Å². The Morgan fingerprint density at radius 3 is 2.00 bits per heavy atom. The molecule has 0 amide bonds. The molecule has 0 bridgehead atoms. The van der Waals surface area contributed by atoms with Crippen molar-refractivity contribution < 1.29 is 4.28 Å². The first-order valence-corrected chi connectivity index (χ1v) is 0.642. The van der Waals surface area contributed by atoms with Crippen molar-refractivity contribution in [3.8, 4) is 12.3 Å². The largest absolute Gasteiger partial charge is 0.120 e. The summed E-state index contributed by atoms with van der Waals surface area (Å²) in [5.74, 6) is 2.00. The van der Waals surface area contributed by atoms with Crippen LogP contribution in [0.2, 0.25) is 0 Å². The number of hydrogen-bond donors (Lipinski definition) is 0. The van der Waals surface area contributed by atoms with E-state index in [1.807, 2.05) is 5.92 Å². The zero-order chi connectivity index (χ0) is 2.71. The first-order chi connectivity index (χ1) is 1.41. The quantitative estimate of drug-likeness (QED) is 0.367. The fourth-order valence-corrected chi connectivity index (χ4v) is 0. The first-order valence-electron chi connectivity index (χ1n) is 0.642. The van der Waals surface area contributed by atoms with E-state index < -0.39 is 0 Å². The summed E-state index contributed by atoms with van der Waals surface area (Å²) in [4.78, 5) is 0. The van der Waals surface area contributed by atoms with Gasteiger partial charge in [0.15, 0.2) is 0 Å². The molecule has 1 heteroatoms. The SMILES string of the molecule is C#C[CH2].[HH].[HH].[HH].[Sn]. The molecule has 0 N–H and O–H groups in total. The minimum absolute atomic E-state index is 0. The summed E-state index contributed by atoms with van der Waals surface area (Å²) < 4.78 is 0. The third-order valence-electron chi connectivity index (χ3n) is 0. The van der Waals surface area contributed by atoms with E-state index in [1.54, 1.807) is 0 Å². The Bertz CT molecular complexity index is 31.7. The van der Waals surface area contributed by atoms with E-state index in [9.17, 15) is 0 Å². The molecule has 0 saturated carbocycles. The average Bonchev–Trinajstić information content (AvgIpc) is 0.918. The van der Waals surface area contributed by atoms with Gasteiger partial charge < -0.3 is 0 Å². The topological polar surface area (TPSA) is 0 Å². The second-order valence-electron chi connectivity index (χ2n) is 0.204. The van der Waals surface area contributed by atoms with Crippen LogP contribution in [0.3, 0.4) is 0 Å². The fourth-order valence-electron chi connectivity index (χ4n) is 0. The Labute approximate surface area is 48.0 Å². The van der Waals surface area contributed by atoms with Gasteiger partial charge in [0.1, 0.15) is 0 Å². The van der Waals surface area contributed by atoms with Gasteiger partial charge in [-0.2, -0.15) is 0 Å². The van der Waals surface area contributed by atoms with E-state index in [0.29, 0.717) is 0 Å². The molecule has 0 aromatic carbocycles.